The third-order valence-corrected chi connectivity index (χ3v) is 4.76. The Morgan fingerprint density at radius 1 is 0.867 bits per heavy atom. The number of carbonyl (C=O) groups excluding carboxylic acids is 2. The number of nitrogens with one attached hydrogen (secondary N) is 3. The summed E-state index contributed by atoms with van der Waals surface area (Å²) in [4.78, 5) is 24.6. The highest BCUT2D eigenvalue weighted by Crippen LogP contribution is 2.22. The van der Waals surface area contributed by atoms with E-state index in [-0.39, 0.29) is 24.4 Å². The molecule has 0 aliphatic rings. The van der Waals surface area contributed by atoms with E-state index in [0.29, 0.717) is 17.8 Å². The fraction of sp³-hybridized carbons (Fsp3) is 0.200. The number of anilines is 1. The van der Waals surface area contributed by atoms with E-state index >= 15 is 0 Å². The number of carbonyl (C=O) groups is 2. The molecule has 30 heavy (non-hydrogen) atoms. The Hall–Kier alpha value is -3.44. The molecule has 0 aromatic heterocycles. The lowest BCUT2D eigenvalue weighted by molar-refractivity contribution is -0.115. The van der Waals surface area contributed by atoms with Crippen LogP contribution < -0.4 is 16.0 Å². The Balaban J connectivity index is 1.68. The molecule has 0 radical (unpaired) electrons. The average Bonchev–Trinajstić information content (AvgIpc) is 2.76. The highest BCUT2D eigenvalue weighted by Gasteiger charge is 2.15. The van der Waals surface area contributed by atoms with Crippen molar-refractivity contribution in [3.8, 4) is 0 Å². The summed E-state index contributed by atoms with van der Waals surface area (Å²) in [6.07, 6.45) is 0. The van der Waals surface area contributed by atoms with E-state index in [2.05, 4.69) is 47.1 Å². The maximum Gasteiger partial charge on any atom is 0.251 e. The van der Waals surface area contributed by atoms with Crippen LogP contribution in [-0.2, 0) is 4.79 Å². The van der Waals surface area contributed by atoms with Gasteiger partial charge in [-0.15, -0.1) is 0 Å². The van der Waals surface area contributed by atoms with Gasteiger partial charge in [0.2, 0.25) is 5.91 Å². The second kappa shape index (κ2) is 10.4. The average molecular weight is 402 g/mol. The van der Waals surface area contributed by atoms with Crippen LogP contribution in [0.4, 0.5) is 5.69 Å². The van der Waals surface area contributed by atoms with Crippen LogP contribution in [0.1, 0.15) is 40.0 Å². The molecule has 5 heteroatoms. The lowest BCUT2D eigenvalue weighted by Gasteiger charge is -2.20. The molecular formula is C25H27N3O2. The standard InChI is InChI=1S/C25H27N3O2/c1-3-26-25(30)21-10-7-11-22(16-21)28-23(29)17-27-24(19-8-5-4-6-9-19)20-14-12-18(2)13-15-20/h4-16,24,27H,3,17H2,1-2H3,(H,26,30)(H,28,29)/t24-/m1/s1. The third-order valence-electron chi connectivity index (χ3n) is 4.76. The molecular weight excluding hydrogens is 374 g/mol. The summed E-state index contributed by atoms with van der Waals surface area (Å²) in [6, 6.07) is 25.2. The Bertz CT molecular complexity index is 985. The molecule has 2 amide bonds. The molecule has 0 fully saturated rings. The van der Waals surface area contributed by atoms with Crippen molar-refractivity contribution in [3.63, 3.8) is 0 Å². The van der Waals surface area contributed by atoms with Gasteiger partial charge in [0.25, 0.3) is 5.91 Å². The quantitative estimate of drug-likeness (QED) is 0.533. The summed E-state index contributed by atoms with van der Waals surface area (Å²) in [6.45, 7) is 4.61. The van der Waals surface area contributed by atoms with Crippen molar-refractivity contribution in [2.45, 2.75) is 19.9 Å². The minimum Gasteiger partial charge on any atom is -0.352 e. The van der Waals surface area contributed by atoms with Gasteiger partial charge in [0.05, 0.1) is 12.6 Å². The molecule has 0 spiro atoms. The van der Waals surface area contributed by atoms with Gasteiger partial charge in [-0.2, -0.15) is 0 Å². The van der Waals surface area contributed by atoms with E-state index in [1.165, 1.54) is 5.56 Å². The fourth-order valence-corrected chi connectivity index (χ4v) is 3.23. The van der Waals surface area contributed by atoms with Crippen LogP contribution in [0.2, 0.25) is 0 Å². The molecule has 3 aromatic rings. The highest BCUT2D eigenvalue weighted by molar-refractivity contribution is 5.97. The van der Waals surface area contributed by atoms with E-state index in [1.807, 2.05) is 37.3 Å². The first-order valence-electron chi connectivity index (χ1n) is 10.1. The molecule has 154 valence electrons. The van der Waals surface area contributed by atoms with Crippen molar-refractivity contribution in [3.05, 3.63) is 101 Å². The summed E-state index contributed by atoms with van der Waals surface area (Å²) < 4.78 is 0. The van der Waals surface area contributed by atoms with E-state index in [0.717, 1.165) is 11.1 Å². The molecule has 0 aliphatic carbocycles. The summed E-state index contributed by atoms with van der Waals surface area (Å²) in [7, 11) is 0. The van der Waals surface area contributed by atoms with Gasteiger partial charge in [-0.05, 0) is 43.2 Å². The SMILES string of the molecule is CCNC(=O)c1cccc(NC(=O)CN[C@H](c2ccccc2)c2ccc(C)cc2)c1. The van der Waals surface area contributed by atoms with Crippen molar-refractivity contribution < 1.29 is 9.59 Å². The van der Waals surface area contributed by atoms with E-state index in [1.54, 1.807) is 24.3 Å². The lowest BCUT2D eigenvalue weighted by Crippen LogP contribution is -2.32. The van der Waals surface area contributed by atoms with Crippen LogP contribution in [0.3, 0.4) is 0 Å². The molecule has 1 atom stereocenters. The molecule has 5 nitrogen and oxygen atoms in total. The van der Waals surface area contributed by atoms with Crippen LogP contribution >= 0.6 is 0 Å². The summed E-state index contributed by atoms with van der Waals surface area (Å²) >= 11 is 0. The second-order valence-corrected chi connectivity index (χ2v) is 7.12. The van der Waals surface area contributed by atoms with Gasteiger partial charge in [-0.1, -0.05) is 66.2 Å². The molecule has 0 saturated heterocycles. The second-order valence-electron chi connectivity index (χ2n) is 7.12. The number of aryl methyl sites for hydroxylation is 1. The minimum absolute atomic E-state index is 0.0979. The van der Waals surface area contributed by atoms with Gasteiger partial charge < -0.3 is 10.6 Å². The Morgan fingerprint density at radius 3 is 2.27 bits per heavy atom. The highest BCUT2D eigenvalue weighted by atomic mass is 16.2. The molecule has 3 aromatic carbocycles. The van der Waals surface area contributed by atoms with Gasteiger partial charge in [0.1, 0.15) is 0 Å². The fourth-order valence-electron chi connectivity index (χ4n) is 3.23. The predicted molar refractivity (Wildman–Crippen MR) is 121 cm³/mol. The molecule has 3 N–H and O–H groups in total. The maximum absolute atomic E-state index is 12.6. The Kier molecular flexibility index (Phi) is 7.35. The van der Waals surface area contributed by atoms with Crippen molar-refractivity contribution in [1.82, 2.24) is 10.6 Å². The molecule has 0 aliphatic heterocycles. The minimum atomic E-state index is -0.170. The number of rotatable bonds is 8. The molecule has 3 rings (SSSR count). The number of amides is 2. The number of hydrogen-bond acceptors (Lipinski definition) is 3. The molecule has 0 unspecified atom stereocenters. The number of hydrogen-bond donors (Lipinski definition) is 3. The van der Waals surface area contributed by atoms with E-state index in [9.17, 15) is 9.59 Å². The van der Waals surface area contributed by atoms with Crippen molar-refractivity contribution >= 4 is 17.5 Å². The van der Waals surface area contributed by atoms with Gasteiger partial charge in [-0.25, -0.2) is 0 Å². The van der Waals surface area contributed by atoms with E-state index < -0.39 is 0 Å². The molecule has 0 bridgehead atoms. The zero-order valence-corrected chi connectivity index (χ0v) is 17.3. The maximum atomic E-state index is 12.6. The summed E-state index contributed by atoms with van der Waals surface area (Å²) in [5, 5.41) is 8.98. The first-order valence-corrected chi connectivity index (χ1v) is 10.1. The van der Waals surface area contributed by atoms with Crippen LogP contribution in [-0.4, -0.2) is 24.9 Å². The van der Waals surface area contributed by atoms with Crippen molar-refractivity contribution in [2.75, 3.05) is 18.4 Å². The molecule has 0 heterocycles. The first-order chi connectivity index (χ1) is 14.6. The Morgan fingerprint density at radius 2 is 1.57 bits per heavy atom. The number of benzene rings is 3. The summed E-state index contributed by atoms with van der Waals surface area (Å²) in [5.41, 5.74) is 4.49. The largest absolute Gasteiger partial charge is 0.352 e. The van der Waals surface area contributed by atoms with Gasteiger partial charge in [-0.3, -0.25) is 14.9 Å². The molecule has 0 saturated carbocycles. The predicted octanol–water partition coefficient (Wildman–Crippen LogP) is 4.06. The van der Waals surface area contributed by atoms with Crippen LogP contribution in [0.5, 0.6) is 0 Å². The van der Waals surface area contributed by atoms with Crippen LogP contribution in [0, 0.1) is 6.92 Å². The Labute approximate surface area is 177 Å². The normalized spacial score (nSPS) is 11.5. The van der Waals surface area contributed by atoms with Crippen molar-refractivity contribution in [2.24, 2.45) is 0 Å². The van der Waals surface area contributed by atoms with Crippen molar-refractivity contribution in [1.29, 1.82) is 0 Å². The van der Waals surface area contributed by atoms with Gasteiger partial charge in [0.15, 0.2) is 0 Å². The van der Waals surface area contributed by atoms with Crippen LogP contribution in [0.25, 0.3) is 0 Å². The monoisotopic (exact) mass is 401 g/mol. The van der Waals surface area contributed by atoms with Crippen LogP contribution in [0.15, 0.2) is 78.9 Å². The smallest absolute Gasteiger partial charge is 0.251 e. The topological polar surface area (TPSA) is 70.2 Å². The zero-order chi connectivity index (χ0) is 21.3. The van der Waals surface area contributed by atoms with Gasteiger partial charge >= 0.3 is 0 Å². The first kappa shape index (κ1) is 21.3. The summed E-state index contributed by atoms with van der Waals surface area (Å²) in [5.74, 6) is -0.327. The zero-order valence-electron chi connectivity index (χ0n) is 17.3. The third kappa shape index (κ3) is 5.78. The van der Waals surface area contributed by atoms with Gasteiger partial charge in [0, 0.05) is 17.8 Å². The van der Waals surface area contributed by atoms with E-state index in [4.69, 9.17) is 0 Å². The lowest BCUT2D eigenvalue weighted by atomic mass is 9.98.